The summed E-state index contributed by atoms with van der Waals surface area (Å²) in [6.07, 6.45) is 2.69. The van der Waals surface area contributed by atoms with Crippen LogP contribution in [0.25, 0.3) is 10.9 Å². The fraction of sp³-hybridized carbons (Fsp3) is 0.400. The summed E-state index contributed by atoms with van der Waals surface area (Å²) < 4.78 is 5.43. The molecule has 0 saturated carbocycles. The Hall–Kier alpha value is -1.39. The van der Waals surface area contributed by atoms with Gasteiger partial charge >= 0.3 is 0 Å². The molecular weight excluding hydrogens is 311 g/mol. The fourth-order valence-corrected chi connectivity index (χ4v) is 3.05. The van der Waals surface area contributed by atoms with Gasteiger partial charge in [0.15, 0.2) is 0 Å². The number of amides is 1. The monoisotopic (exact) mass is 328 g/mol. The largest absolute Gasteiger partial charge is 0.496 e. The van der Waals surface area contributed by atoms with Crippen molar-refractivity contribution in [3.05, 3.63) is 29.0 Å². The third-order valence-corrected chi connectivity index (χ3v) is 4.03. The lowest BCUT2D eigenvalue weighted by atomic mass is 10.0. The minimum Gasteiger partial charge on any atom is -0.496 e. The average Bonchev–Trinajstić information content (AvgIpc) is 2.87. The molecule has 0 aliphatic heterocycles. The van der Waals surface area contributed by atoms with Gasteiger partial charge in [0.2, 0.25) is 5.91 Å². The molecule has 2 aromatic rings. The van der Waals surface area contributed by atoms with Crippen molar-refractivity contribution >= 4 is 40.0 Å². The highest BCUT2D eigenvalue weighted by atomic mass is 35.5. The number of rotatable bonds is 6. The third kappa shape index (κ3) is 3.27. The molecule has 6 heteroatoms. The van der Waals surface area contributed by atoms with E-state index in [1.807, 2.05) is 12.3 Å². The number of carbonyl (C=O) groups is 1. The van der Waals surface area contributed by atoms with Crippen LogP contribution in [0.3, 0.4) is 0 Å². The highest BCUT2D eigenvalue weighted by Crippen LogP contribution is 2.34. The summed E-state index contributed by atoms with van der Waals surface area (Å²) in [6, 6.07) is 1.97. The van der Waals surface area contributed by atoms with Crippen LogP contribution in [0.1, 0.15) is 23.6 Å². The first-order valence-corrected chi connectivity index (χ1v) is 7.74. The Kier molecular flexibility index (Phi) is 5.37. The number of halogens is 2. The van der Waals surface area contributed by atoms with Gasteiger partial charge in [-0.25, -0.2) is 0 Å². The molecule has 0 fully saturated rings. The minimum absolute atomic E-state index is 0.0294. The fourth-order valence-electron chi connectivity index (χ4n) is 2.46. The van der Waals surface area contributed by atoms with Gasteiger partial charge in [0, 0.05) is 36.5 Å². The van der Waals surface area contributed by atoms with Crippen molar-refractivity contribution in [3.63, 3.8) is 0 Å². The number of H-pyrrole nitrogens is 1. The van der Waals surface area contributed by atoms with E-state index in [1.54, 1.807) is 7.11 Å². The lowest BCUT2D eigenvalue weighted by Gasteiger charge is -2.12. The van der Waals surface area contributed by atoms with Crippen LogP contribution in [-0.4, -0.2) is 24.5 Å². The Balaban J connectivity index is 2.44. The summed E-state index contributed by atoms with van der Waals surface area (Å²) in [4.78, 5) is 14.2. The van der Waals surface area contributed by atoms with E-state index in [1.165, 1.54) is 6.92 Å². The predicted molar refractivity (Wildman–Crippen MR) is 86.4 cm³/mol. The van der Waals surface area contributed by atoms with Crippen LogP contribution < -0.4 is 10.1 Å². The molecule has 0 saturated heterocycles. The smallest absolute Gasteiger partial charge is 0.216 e. The van der Waals surface area contributed by atoms with E-state index in [2.05, 4.69) is 10.3 Å². The zero-order chi connectivity index (χ0) is 15.4. The maximum Gasteiger partial charge on any atom is 0.216 e. The van der Waals surface area contributed by atoms with E-state index in [9.17, 15) is 4.79 Å². The van der Waals surface area contributed by atoms with E-state index in [4.69, 9.17) is 27.9 Å². The first-order chi connectivity index (χ1) is 10.1. The van der Waals surface area contributed by atoms with E-state index in [0.717, 1.165) is 39.8 Å². The lowest BCUT2D eigenvalue weighted by molar-refractivity contribution is -0.118. The van der Waals surface area contributed by atoms with Gasteiger partial charge in [0.05, 0.1) is 18.5 Å². The second-order valence-electron chi connectivity index (χ2n) is 4.77. The van der Waals surface area contributed by atoms with E-state index < -0.39 is 0 Å². The molecule has 0 aliphatic carbocycles. The molecule has 114 valence electrons. The average molecular weight is 329 g/mol. The van der Waals surface area contributed by atoms with Crippen molar-refractivity contribution in [2.75, 3.05) is 13.7 Å². The lowest BCUT2D eigenvalue weighted by Crippen LogP contribution is -2.22. The number of carbonyl (C=O) groups excluding carboxylic acids is 1. The van der Waals surface area contributed by atoms with Crippen LogP contribution in [0.4, 0.5) is 0 Å². The van der Waals surface area contributed by atoms with Crippen LogP contribution in [0.2, 0.25) is 0 Å². The number of hydrogen-bond acceptors (Lipinski definition) is 2. The van der Waals surface area contributed by atoms with Gasteiger partial charge in [-0.15, -0.1) is 23.2 Å². The second kappa shape index (κ2) is 7.05. The second-order valence-corrected chi connectivity index (χ2v) is 5.31. The Labute approximate surface area is 133 Å². The van der Waals surface area contributed by atoms with Gasteiger partial charge in [-0.2, -0.15) is 0 Å². The predicted octanol–water partition coefficient (Wildman–Crippen LogP) is 3.33. The molecule has 1 aromatic carbocycles. The topological polar surface area (TPSA) is 54.1 Å². The number of alkyl halides is 2. The number of aromatic nitrogens is 1. The zero-order valence-electron chi connectivity index (χ0n) is 12.1. The third-order valence-electron chi connectivity index (χ3n) is 3.50. The molecule has 0 spiro atoms. The number of hydrogen-bond donors (Lipinski definition) is 2. The van der Waals surface area contributed by atoms with E-state index >= 15 is 0 Å². The summed E-state index contributed by atoms with van der Waals surface area (Å²) in [5, 5.41) is 3.85. The molecule has 2 rings (SSSR count). The molecule has 0 radical (unpaired) electrons. The number of methoxy groups -OCH3 is 1. The van der Waals surface area contributed by atoms with Gasteiger partial charge < -0.3 is 15.0 Å². The van der Waals surface area contributed by atoms with E-state index in [0.29, 0.717) is 18.3 Å². The van der Waals surface area contributed by atoms with E-state index in [-0.39, 0.29) is 5.91 Å². The van der Waals surface area contributed by atoms with Crippen LogP contribution in [0, 0.1) is 0 Å². The van der Waals surface area contributed by atoms with Crippen molar-refractivity contribution in [3.8, 4) is 5.75 Å². The number of ether oxygens (including phenoxy) is 1. The van der Waals surface area contributed by atoms with Crippen LogP contribution in [-0.2, 0) is 23.0 Å². The Morgan fingerprint density at radius 3 is 2.62 bits per heavy atom. The summed E-state index contributed by atoms with van der Waals surface area (Å²) in [7, 11) is 1.62. The minimum atomic E-state index is -0.0294. The van der Waals surface area contributed by atoms with Crippen LogP contribution >= 0.6 is 23.2 Å². The number of benzene rings is 1. The maximum atomic E-state index is 10.9. The molecule has 0 atom stereocenters. The van der Waals surface area contributed by atoms with Gasteiger partial charge in [-0.05, 0) is 23.6 Å². The molecule has 1 aromatic heterocycles. The Morgan fingerprint density at radius 2 is 2.05 bits per heavy atom. The number of nitrogens with one attached hydrogen (secondary N) is 2. The Morgan fingerprint density at radius 1 is 1.33 bits per heavy atom. The van der Waals surface area contributed by atoms with Crippen molar-refractivity contribution in [2.24, 2.45) is 0 Å². The highest BCUT2D eigenvalue weighted by molar-refractivity contribution is 6.20. The molecular formula is C15H18Cl2N2O2. The van der Waals surface area contributed by atoms with Gasteiger partial charge in [0.1, 0.15) is 5.75 Å². The van der Waals surface area contributed by atoms with Crippen LogP contribution in [0.5, 0.6) is 5.75 Å². The summed E-state index contributed by atoms with van der Waals surface area (Å²) in [6.45, 7) is 2.11. The number of aromatic amines is 1. The quantitative estimate of drug-likeness (QED) is 0.799. The van der Waals surface area contributed by atoms with Crippen molar-refractivity contribution in [2.45, 2.75) is 25.1 Å². The Bertz CT molecular complexity index is 653. The van der Waals surface area contributed by atoms with Crippen molar-refractivity contribution in [1.29, 1.82) is 0 Å². The molecule has 1 amide bonds. The standard InChI is InChI=1S/C15H18Cl2N2O2/c1-9(20)18-4-3-10-8-19-15-11(10)5-14(21-2)12(6-16)13(15)7-17/h5,8,19H,3-4,6-7H2,1-2H3,(H,18,20). The molecule has 4 nitrogen and oxygen atoms in total. The van der Waals surface area contributed by atoms with Crippen molar-refractivity contribution < 1.29 is 9.53 Å². The molecule has 1 heterocycles. The highest BCUT2D eigenvalue weighted by Gasteiger charge is 2.16. The van der Waals surface area contributed by atoms with Crippen LogP contribution in [0.15, 0.2) is 12.3 Å². The first-order valence-electron chi connectivity index (χ1n) is 6.67. The summed E-state index contributed by atoms with van der Waals surface area (Å²) in [5.74, 6) is 1.43. The summed E-state index contributed by atoms with van der Waals surface area (Å²) >= 11 is 12.1. The molecule has 0 unspecified atom stereocenters. The molecule has 0 bridgehead atoms. The molecule has 2 N–H and O–H groups in total. The molecule has 0 aliphatic rings. The number of fused-ring (bicyclic) bond motifs is 1. The first kappa shape index (κ1) is 16.0. The SMILES string of the molecule is COc1cc2c(CCNC(C)=O)c[nH]c2c(CCl)c1CCl. The molecule has 21 heavy (non-hydrogen) atoms. The van der Waals surface area contributed by atoms with Crippen molar-refractivity contribution in [1.82, 2.24) is 10.3 Å². The van der Waals surface area contributed by atoms with Gasteiger partial charge in [-0.1, -0.05) is 0 Å². The normalized spacial score (nSPS) is 10.9. The zero-order valence-corrected chi connectivity index (χ0v) is 13.6. The van der Waals surface area contributed by atoms with Gasteiger partial charge in [0.25, 0.3) is 0 Å². The maximum absolute atomic E-state index is 10.9. The van der Waals surface area contributed by atoms with Gasteiger partial charge in [-0.3, -0.25) is 4.79 Å². The summed E-state index contributed by atoms with van der Waals surface area (Å²) in [5.41, 5.74) is 3.98.